The van der Waals surface area contributed by atoms with Crippen molar-refractivity contribution >= 4 is 11.6 Å². The van der Waals surface area contributed by atoms with Crippen LogP contribution in [-0.2, 0) is 11.2 Å². The zero-order chi connectivity index (χ0) is 11.5. The van der Waals surface area contributed by atoms with E-state index in [0.717, 1.165) is 17.9 Å². The number of ether oxygens (including phenoxy) is 1. The van der Waals surface area contributed by atoms with Gasteiger partial charge in [-0.05, 0) is 24.0 Å². The van der Waals surface area contributed by atoms with E-state index in [2.05, 4.69) is 19.2 Å². The zero-order valence-electron chi connectivity index (χ0n) is 9.75. The molecule has 1 heterocycles. The molecule has 1 aromatic carbocycles. The van der Waals surface area contributed by atoms with Crippen LogP contribution < -0.4 is 10.1 Å². The summed E-state index contributed by atoms with van der Waals surface area (Å²) < 4.78 is 5.62. The molecule has 0 bridgehead atoms. The summed E-state index contributed by atoms with van der Waals surface area (Å²) in [6.45, 7) is 4.92. The van der Waals surface area contributed by atoms with E-state index in [4.69, 9.17) is 4.74 Å². The van der Waals surface area contributed by atoms with E-state index < -0.39 is 0 Å². The average molecular weight is 219 g/mol. The maximum absolute atomic E-state index is 11.3. The van der Waals surface area contributed by atoms with Crippen molar-refractivity contribution in [1.82, 2.24) is 0 Å². The first-order valence-electron chi connectivity index (χ1n) is 5.71. The molecule has 0 atom stereocenters. The molecule has 0 aromatic heterocycles. The van der Waals surface area contributed by atoms with Gasteiger partial charge in [0.1, 0.15) is 5.75 Å². The molecule has 0 unspecified atom stereocenters. The molecular weight excluding hydrogens is 202 g/mol. The van der Waals surface area contributed by atoms with Crippen LogP contribution in [0, 0.1) is 5.92 Å². The van der Waals surface area contributed by atoms with Crippen molar-refractivity contribution in [3.8, 4) is 5.75 Å². The quantitative estimate of drug-likeness (QED) is 0.848. The van der Waals surface area contributed by atoms with E-state index >= 15 is 0 Å². The average Bonchev–Trinajstić information content (AvgIpc) is 2.25. The number of hydrogen-bond donors (Lipinski definition) is 1. The van der Waals surface area contributed by atoms with E-state index in [1.807, 2.05) is 18.2 Å². The molecule has 0 fully saturated rings. The molecule has 3 nitrogen and oxygen atoms in total. The number of aryl methyl sites for hydroxylation is 1. The second-order valence-electron chi connectivity index (χ2n) is 4.57. The number of hydrogen-bond acceptors (Lipinski definition) is 2. The normalized spacial score (nSPS) is 14.6. The van der Waals surface area contributed by atoms with Crippen LogP contribution in [-0.4, -0.2) is 12.5 Å². The van der Waals surface area contributed by atoms with Gasteiger partial charge in [-0.3, -0.25) is 4.79 Å². The molecule has 3 heteroatoms. The Balaban J connectivity index is 2.12. The van der Waals surface area contributed by atoms with Gasteiger partial charge in [-0.1, -0.05) is 19.9 Å². The molecule has 0 aliphatic carbocycles. The van der Waals surface area contributed by atoms with Gasteiger partial charge in [0.05, 0.1) is 6.61 Å². The van der Waals surface area contributed by atoms with Crippen LogP contribution in [0.2, 0.25) is 0 Å². The highest BCUT2D eigenvalue weighted by molar-refractivity contribution is 5.94. The van der Waals surface area contributed by atoms with Crippen molar-refractivity contribution in [3.63, 3.8) is 0 Å². The fourth-order valence-corrected chi connectivity index (χ4v) is 1.70. The second kappa shape index (κ2) is 4.56. The number of fused-ring (bicyclic) bond motifs is 1. The monoisotopic (exact) mass is 219 g/mol. The van der Waals surface area contributed by atoms with Crippen molar-refractivity contribution in [2.45, 2.75) is 26.7 Å². The Kier molecular flexibility index (Phi) is 3.13. The van der Waals surface area contributed by atoms with Gasteiger partial charge < -0.3 is 10.1 Å². The summed E-state index contributed by atoms with van der Waals surface area (Å²) in [7, 11) is 0. The van der Waals surface area contributed by atoms with Crippen LogP contribution in [0.25, 0.3) is 0 Å². The molecular formula is C13H17NO2. The predicted molar refractivity (Wildman–Crippen MR) is 63.7 cm³/mol. The van der Waals surface area contributed by atoms with Gasteiger partial charge in [-0.2, -0.15) is 0 Å². The summed E-state index contributed by atoms with van der Waals surface area (Å²) in [5.74, 6) is 1.42. The maximum atomic E-state index is 11.3. The Morgan fingerprint density at radius 2 is 2.19 bits per heavy atom. The number of carbonyl (C=O) groups is 1. The third-order valence-electron chi connectivity index (χ3n) is 2.56. The summed E-state index contributed by atoms with van der Waals surface area (Å²) in [4.78, 5) is 11.3. The smallest absolute Gasteiger partial charge is 0.224 e. The highest BCUT2D eigenvalue weighted by Gasteiger charge is 2.14. The van der Waals surface area contributed by atoms with Crippen molar-refractivity contribution in [2.75, 3.05) is 11.9 Å². The number of amides is 1. The first-order chi connectivity index (χ1) is 7.65. The van der Waals surface area contributed by atoms with E-state index in [9.17, 15) is 4.79 Å². The van der Waals surface area contributed by atoms with E-state index in [1.165, 1.54) is 5.56 Å². The van der Waals surface area contributed by atoms with Crippen molar-refractivity contribution in [1.29, 1.82) is 0 Å². The van der Waals surface area contributed by atoms with Gasteiger partial charge in [0.2, 0.25) is 5.91 Å². The van der Waals surface area contributed by atoms with Crippen LogP contribution in [0.4, 0.5) is 5.69 Å². The van der Waals surface area contributed by atoms with Crippen LogP contribution in [0.3, 0.4) is 0 Å². The Morgan fingerprint density at radius 1 is 1.38 bits per heavy atom. The minimum absolute atomic E-state index is 0.0912. The molecule has 0 spiro atoms. The summed E-state index contributed by atoms with van der Waals surface area (Å²) in [6.07, 6.45) is 1.41. The third kappa shape index (κ3) is 2.54. The molecule has 1 aromatic rings. The predicted octanol–water partition coefficient (Wildman–Crippen LogP) is 2.61. The van der Waals surface area contributed by atoms with Crippen molar-refractivity contribution in [2.24, 2.45) is 5.92 Å². The lowest BCUT2D eigenvalue weighted by Crippen LogP contribution is -2.19. The lowest BCUT2D eigenvalue weighted by Gasteiger charge is -2.18. The number of nitrogens with one attached hydrogen (secondary N) is 1. The van der Waals surface area contributed by atoms with Gasteiger partial charge in [-0.25, -0.2) is 0 Å². The fraction of sp³-hybridized carbons (Fsp3) is 0.462. The summed E-state index contributed by atoms with van der Waals surface area (Å²) in [5, 5.41) is 2.87. The fourth-order valence-electron chi connectivity index (χ4n) is 1.70. The number of benzene rings is 1. The molecule has 0 saturated carbocycles. The molecule has 0 saturated heterocycles. The minimum atomic E-state index is 0.0912. The van der Waals surface area contributed by atoms with E-state index in [0.29, 0.717) is 18.9 Å². The molecule has 1 amide bonds. The Hall–Kier alpha value is -1.51. The van der Waals surface area contributed by atoms with E-state index in [1.54, 1.807) is 0 Å². The number of rotatable bonds is 3. The Bertz CT molecular complexity index is 399. The maximum Gasteiger partial charge on any atom is 0.224 e. The zero-order valence-corrected chi connectivity index (χ0v) is 9.75. The minimum Gasteiger partial charge on any atom is -0.493 e. The Labute approximate surface area is 95.8 Å². The van der Waals surface area contributed by atoms with Crippen LogP contribution in [0.5, 0.6) is 5.75 Å². The summed E-state index contributed by atoms with van der Waals surface area (Å²) >= 11 is 0. The van der Waals surface area contributed by atoms with E-state index in [-0.39, 0.29) is 5.91 Å². The molecule has 1 N–H and O–H groups in total. The number of carbonyl (C=O) groups excluding carboxylic acids is 1. The van der Waals surface area contributed by atoms with Crippen LogP contribution in [0.1, 0.15) is 25.8 Å². The van der Waals surface area contributed by atoms with Gasteiger partial charge >= 0.3 is 0 Å². The molecule has 1 aliphatic rings. The molecule has 2 rings (SSSR count). The third-order valence-corrected chi connectivity index (χ3v) is 2.56. The Morgan fingerprint density at radius 3 is 2.94 bits per heavy atom. The largest absolute Gasteiger partial charge is 0.493 e. The lowest BCUT2D eigenvalue weighted by molar-refractivity contribution is -0.116. The lowest BCUT2D eigenvalue weighted by atomic mass is 10.0. The highest BCUT2D eigenvalue weighted by Crippen LogP contribution is 2.27. The first-order valence-corrected chi connectivity index (χ1v) is 5.71. The van der Waals surface area contributed by atoms with Gasteiger partial charge in [0, 0.05) is 18.2 Å². The van der Waals surface area contributed by atoms with Crippen LogP contribution >= 0.6 is 0 Å². The van der Waals surface area contributed by atoms with Crippen molar-refractivity contribution in [3.05, 3.63) is 23.8 Å². The second-order valence-corrected chi connectivity index (χ2v) is 4.57. The van der Waals surface area contributed by atoms with Gasteiger partial charge in [-0.15, -0.1) is 0 Å². The molecule has 1 aliphatic heterocycles. The summed E-state index contributed by atoms with van der Waals surface area (Å²) in [5.41, 5.74) is 2.09. The van der Waals surface area contributed by atoms with Gasteiger partial charge in [0.25, 0.3) is 0 Å². The summed E-state index contributed by atoms with van der Waals surface area (Å²) in [6, 6.07) is 5.91. The SMILES string of the molecule is CC(C)COc1ccc2c(c1)NC(=O)CC2. The standard InChI is InChI=1S/C13H17NO2/c1-9(2)8-16-11-5-3-10-4-6-13(15)14-12(10)7-11/h3,5,7,9H,4,6,8H2,1-2H3,(H,14,15). The number of anilines is 1. The van der Waals surface area contributed by atoms with Crippen LogP contribution in [0.15, 0.2) is 18.2 Å². The molecule has 16 heavy (non-hydrogen) atoms. The molecule has 86 valence electrons. The molecule has 0 radical (unpaired) electrons. The topological polar surface area (TPSA) is 38.3 Å². The van der Waals surface area contributed by atoms with Gasteiger partial charge in [0.15, 0.2) is 0 Å². The first kappa shape index (κ1) is 11.0. The van der Waals surface area contributed by atoms with Crippen molar-refractivity contribution < 1.29 is 9.53 Å². The highest BCUT2D eigenvalue weighted by atomic mass is 16.5.